The van der Waals surface area contributed by atoms with Crippen LogP contribution in [0.5, 0.6) is 0 Å². The summed E-state index contributed by atoms with van der Waals surface area (Å²) < 4.78 is 0. The Kier molecular flexibility index (Phi) is 8.46. The van der Waals surface area contributed by atoms with Gasteiger partial charge >= 0.3 is 0 Å². The number of halogens is 1. The maximum Gasteiger partial charge on any atom is 0.0985 e. The molecule has 50 heavy (non-hydrogen) atoms. The summed E-state index contributed by atoms with van der Waals surface area (Å²) in [6.45, 7) is 0. The van der Waals surface area contributed by atoms with Crippen LogP contribution in [-0.4, -0.2) is 47.7 Å². The van der Waals surface area contributed by atoms with Crippen LogP contribution in [0.4, 0.5) is 0 Å². The topological polar surface area (TPSA) is 108 Å². The third-order valence-corrected chi connectivity index (χ3v) is 9.64. The first-order valence-corrected chi connectivity index (χ1v) is 16.5. The number of aromatic nitrogens is 6. The van der Waals surface area contributed by atoms with Gasteiger partial charge in [-0.15, -0.1) is 0 Å². The number of nitrogens with zero attached hydrogens (tertiary/aromatic N) is 5. The number of fused-ring (bicyclic) bond motifs is 7. The Morgan fingerprint density at radius 1 is 0.600 bits per heavy atom. The minimum Gasteiger partial charge on any atom is -0.374 e. The Labute approximate surface area is 303 Å². The van der Waals surface area contributed by atoms with E-state index >= 15 is 0 Å². The first-order chi connectivity index (χ1) is 24.2. The summed E-state index contributed by atoms with van der Waals surface area (Å²) in [4.78, 5) is 30.2. The Morgan fingerprint density at radius 2 is 1.20 bits per heavy atom. The summed E-state index contributed by atoms with van der Waals surface area (Å²) in [5.74, 6) is -0.195. The van der Waals surface area contributed by atoms with Crippen molar-refractivity contribution in [3.05, 3.63) is 196 Å². The van der Waals surface area contributed by atoms with Crippen LogP contribution in [0.2, 0.25) is 0 Å². The van der Waals surface area contributed by atoms with Crippen molar-refractivity contribution in [1.82, 2.24) is 35.2 Å². The second kappa shape index (κ2) is 13.4. The molecule has 3 aliphatic rings. The molecule has 3 atom stereocenters. The molecule has 6 aromatic rings. The molecule has 10 heteroatoms. The largest absolute Gasteiger partial charge is 0.374 e. The Morgan fingerprint density at radius 3 is 1.88 bits per heavy atom. The Balaban J connectivity index is 0.00000361. The van der Waals surface area contributed by atoms with E-state index in [0.29, 0.717) is 5.03 Å². The number of aliphatic imine (C=N–C) groups is 1. The SMILES string of the molecule is ClC1=CC2=NC1C(c1ccncc1)c1ccc([nH]1)/C(c1ccncc1)=C1/C=CC(N1)/C(c1ccncc1)=c1/ccc([nH]1)=C2c1ccncc1.[Mn]. The molecule has 0 amide bonds. The standard InChI is InChI=1S/C40H29ClN8.Mn/c41-28-23-35-38(26-11-19-44-20-12-26)33-4-3-31(47-33)36(24-7-15-42-16-8-24)29-1-2-30(46-29)37(25-9-17-43-18-10-25)32-5-6-34(48-32)39(40(28)49-35)27-13-21-45-22-14-27;/h1-23,29,39-40,46-48H;/b36-31-,37-30-,38-33?;. The van der Waals surface area contributed by atoms with Gasteiger partial charge in [-0.05, 0) is 107 Å². The van der Waals surface area contributed by atoms with Gasteiger partial charge in [0.2, 0.25) is 0 Å². The molecule has 0 saturated carbocycles. The first kappa shape index (κ1) is 31.7. The van der Waals surface area contributed by atoms with E-state index in [1.165, 1.54) is 0 Å². The number of aromatic amines is 2. The minimum atomic E-state index is -0.366. The molecule has 3 aliphatic heterocycles. The molecule has 8 bridgehead atoms. The van der Waals surface area contributed by atoms with Crippen LogP contribution < -0.4 is 16.0 Å². The van der Waals surface area contributed by atoms with Crippen molar-refractivity contribution >= 4 is 34.0 Å². The average Bonchev–Trinajstić information content (AvgIpc) is 3.98. The molecule has 0 fully saturated rings. The fraction of sp³-hybridized carbons (Fsp3) is 0.0750. The third-order valence-electron chi connectivity index (χ3n) is 9.31. The molecule has 9 rings (SSSR count). The van der Waals surface area contributed by atoms with E-state index in [1.807, 2.05) is 91.8 Å². The smallest absolute Gasteiger partial charge is 0.0985 e. The van der Waals surface area contributed by atoms with Gasteiger partial charge in [0, 0.05) is 116 Å². The number of nitrogens with one attached hydrogen (secondary N) is 3. The zero-order valence-electron chi connectivity index (χ0n) is 26.5. The average molecular weight is 712 g/mol. The van der Waals surface area contributed by atoms with E-state index in [2.05, 4.69) is 71.6 Å². The van der Waals surface area contributed by atoms with E-state index < -0.39 is 0 Å². The van der Waals surface area contributed by atoms with Gasteiger partial charge in [0.25, 0.3) is 0 Å². The quantitative estimate of drug-likeness (QED) is 0.213. The summed E-state index contributed by atoms with van der Waals surface area (Å²) in [5, 5.41) is 6.44. The van der Waals surface area contributed by atoms with E-state index in [4.69, 9.17) is 16.6 Å². The summed E-state index contributed by atoms with van der Waals surface area (Å²) >= 11 is 7.21. The van der Waals surface area contributed by atoms with Crippen molar-refractivity contribution in [3.63, 3.8) is 0 Å². The van der Waals surface area contributed by atoms with Crippen LogP contribution in [0, 0.1) is 0 Å². The second-order valence-electron chi connectivity index (χ2n) is 12.1. The summed E-state index contributed by atoms with van der Waals surface area (Å²) in [7, 11) is 0. The van der Waals surface area contributed by atoms with Gasteiger partial charge in [0.05, 0.1) is 23.7 Å². The second-order valence-corrected chi connectivity index (χ2v) is 12.6. The van der Waals surface area contributed by atoms with E-state index in [1.54, 1.807) is 12.4 Å². The van der Waals surface area contributed by atoms with Crippen molar-refractivity contribution in [3.8, 4) is 0 Å². The summed E-state index contributed by atoms with van der Waals surface area (Å²) in [5.41, 5.74) is 11.0. The van der Waals surface area contributed by atoms with Crippen molar-refractivity contribution in [1.29, 1.82) is 0 Å². The normalized spacial score (nSPS) is 22.0. The molecule has 6 aromatic heterocycles. The van der Waals surface area contributed by atoms with Gasteiger partial charge < -0.3 is 15.3 Å². The van der Waals surface area contributed by atoms with Crippen molar-refractivity contribution in [2.24, 2.45) is 4.99 Å². The van der Waals surface area contributed by atoms with Crippen LogP contribution >= 0.6 is 11.6 Å². The van der Waals surface area contributed by atoms with Crippen LogP contribution in [0.1, 0.15) is 39.6 Å². The molecule has 0 spiro atoms. The van der Waals surface area contributed by atoms with E-state index in [-0.39, 0.29) is 35.1 Å². The summed E-state index contributed by atoms with van der Waals surface area (Å²) in [6.07, 6.45) is 21.0. The van der Waals surface area contributed by atoms with Crippen molar-refractivity contribution in [2.45, 2.75) is 18.0 Å². The van der Waals surface area contributed by atoms with Crippen LogP contribution in [-0.2, 0) is 17.1 Å². The van der Waals surface area contributed by atoms with Crippen LogP contribution in [0.25, 0.3) is 16.7 Å². The number of allylic oxidation sites excluding steroid dienone is 2. The van der Waals surface area contributed by atoms with E-state index in [0.717, 1.165) is 72.5 Å². The van der Waals surface area contributed by atoms with Gasteiger partial charge in [0.1, 0.15) is 0 Å². The Bertz CT molecular complexity index is 2430. The number of hydrogen-bond acceptors (Lipinski definition) is 6. The van der Waals surface area contributed by atoms with Crippen molar-refractivity contribution < 1.29 is 17.1 Å². The molecule has 243 valence electrons. The number of hydrogen-bond donors (Lipinski definition) is 3. The van der Waals surface area contributed by atoms with Gasteiger partial charge in [-0.2, -0.15) is 0 Å². The van der Waals surface area contributed by atoms with Gasteiger partial charge in [-0.1, -0.05) is 17.7 Å². The number of H-pyrrole nitrogens is 2. The fourth-order valence-electron chi connectivity index (χ4n) is 7.12. The molecular formula is C40H29ClMnN8. The molecule has 1 radical (unpaired) electrons. The minimum absolute atomic E-state index is 0. The molecule has 3 N–H and O–H groups in total. The molecular weight excluding hydrogens is 683 g/mol. The molecule has 0 aliphatic carbocycles. The van der Waals surface area contributed by atoms with Gasteiger partial charge in [-0.3, -0.25) is 24.9 Å². The predicted molar refractivity (Wildman–Crippen MR) is 192 cm³/mol. The fourth-order valence-corrected chi connectivity index (χ4v) is 7.40. The molecule has 0 saturated heterocycles. The van der Waals surface area contributed by atoms with E-state index in [9.17, 15) is 0 Å². The van der Waals surface area contributed by atoms with Crippen molar-refractivity contribution in [2.75, 3.05) is 0 Å². The first-order valence-electron chi connectivity index (χ1n) is 16.1. The predicted octanol–water partition coefficient (Wildman–Crippen LogP) is 5.40. The third kappa shape index (κ3) is 5.65. The maximum atomic E-state index is 7.21. The summed E-state index contributed by atoms with van der Waals surface area (Å²) in [6, 6.07) is 24.3. The van der Waals surface area contributed by atoms with Gasteiger partial charge in [-0.25, -0.2) is 0 Å². The van der Waals surface area contributed by atoms with Crippen LogP contribution in [0.15, 0.2) is 156 Å². The Hall–Kier alpha value is -5.60. The maximum absolute atomic E-state index is 7.21. The molecule has 9 heterocycles. The zero-order valence-corrected chi connectivity index (χ0v) is 28.4. The van der Waals surface area contributed by atoms with Gasteiger partial charge in [0.15, 0.2) is 0 Å². The van der Waals surface area contributed by atoms with Crippen LogP contribution in [0.3, 0.4) is 0 Å². The zero-order chi connectivity index (χ0) is 32.7. The molecule has 8 nitrogen and oxygen atoms in total. The monoisotopic (exact) mass is 711 g/mol. The molecule has 3 unspecified atom stereocenters. The molecule has 0 aromatic carbocycles. The number of rotatable bonds is 4. The number of pyridine rings is 4.